The zero-order valence-corrected chi connectivity index (χ0v) is 16.8. The lowest BCUT2D eigenvalue weighted by molar-refractivity contribution is -0.137. The molecule has 0 bridgehead atoms. The summed E-state index contributed by atoms with van der Waals surface area (Å²) < 4.78 is 38.4. The van der Waals surface area contributed by atoms with Crippen molar-refractivity contribution in [1.29, 1.82) is 5.41 Å². The van der Waals surface area contributed by atoms with E-state index in [0.717, 1.165) is 12.1 Å². The number of aromatic hydroxyl groups is 1. The Morgan fingerprint density at radius 2 is 1.84 bits per heavy atom. The predicted molar refractivity (Wildman–Crippen MR) is 112 cm³/mol. The molecule has 4 N–H and O–H groups in total. The number of nitrogens with zero attached hydrogens (tertiary/aromatic N) is 1. The van der Waals surface area contributed by atoms with Gasteiger partial charge in [-0.1, -0.05) is 30.3 Å². The van der Waals surface area contributed by atoms with Gasteiger partial charge in [0.15, 0.2) is 0 Å². The molecule has 0 saturated carbocycles. The van der Waals surface area contributed by atoms with Crippen LogP contribution in [0.25, 0.3) is 0 Å². The maximum atomic E-state index is 12.8. The van der Waals surface area contributed by atoms with E-state index in [-0.39, 0.29) is 35.1 Å². The molecule has 0 radical (unpaired) electrons. The molecule has 1 heterocycles. The van der Waals surface area contributed by atoms with Gasteiger partial charge in [-0.3, -0.25) is 4.79 Å². The van der Waals surface area contributed by atoms with Crippen molar-refractivity contribution in [2.45, 2.75) is 32.5 Å². The van der Waals surface area contributed by atoms with E-state index in [4.69, 9.17) is 5.41 Å². The molecule has 9 heteroatoms. The highest BCUT2D eigenvalue weighted by atomic mass is 19.4. The highest BCUT2D eigenvalue weighted by Gasteiger charge is 2.30. The van der Waals surface area contributed by atoms with Crippen LogP contribution < -0.4 is 10.9 Å². The molecule has 1 unspecified atom stereocenters. The van der Waals surface area contributed by atoms with Gasteiger partial charge < -0.3 is 20.8 Å². The first kappa shape index (κ1) is 22.1. The van der Waals surface area contributed by atoms with Crippen molar-refractivity contribution in [1.82, 2.24) is 9.97 Å². The van der Waals surface area contributed by atoms with E-state index < -0.39 is 23.3 Å². The molecule has 0 fully saturated rings. The molecule has 2 aromatic carbocycles. The van der Waals surface area contributed by atoms with Crippen LogP contribution in [0.15, 0.2) is 53.3 Å². The molecule has 1 aromatic heterocycles. The number of benzene rings is 2. The molecular weight excluding hydrogens is 409 g/mol. The number of para-hydroxylation sites is 1. The van der Waals surface area contributed by atoms with E-state index in [1.165, 1.54) is 25.1 Å². The summed E-state index contributed by atoms with van der Waals surface area (Å²) in [5.74, 6) is 0.484. The Hall–Kier alpha value is -3.62. The van der Waals surface area contributed by atoms with Crippen molar-refractivity contribution >= 4 is 11.5 Å². The number of hydrogen-bond acceptors (Lipinski definition) is 5. The molecule has 0 aliphatic heterocycles. The summed E-state index contributed by atoms with van der Waals surface area (Å²) in [7, 11) is 0. The van der Waals surface area contributed by atoms with Crippen LogP contribution in [0.1, 0.15) is 48.0 Å². The Bertz CT molecular complexity index is 1150. The second kappa shape index (κ2) is 8.63. The first-order valence-electron chi connectivity index (χ1n) is 9.45. The fourth-order valence-corrected chi connectivity index (χ4v) is 3.15. The molecule has 0 aliphatic rings. The SMILES string of the molecule is CC(=N)c1c(NC(C)c2ccc(C(F)(F)F)cc2)nc(Cc2ccccc2O)[nH]c1=O. The number of aromatic amines is 1. The number of halogens is 3. The van der Waals surface area contributed by atoms with Gasteiger partial charge in [-0.05, 0) is 37.6 Å². The largest absolute Gasteiger partial charge is 0.508 e. The number of anilines is 1. The fourth-order valence-electron chi connectivity index (χ4n) is 3.15. The molecule has 162 valence electrons. The molecule has 1 atom stereocenters. The third kappa shape index (κ3) is 5.11. The zero-order chi connectivity index (χ0) is 22.8. The lowest BCUT2D eigenvalue weighted by Crippen LogP contribution is -2.24. The standard InChI is InChI=1S/C22H21F3N4O2/c1-12(26)19-20(27-13(2)14-7-9-16(10-8-14)22(23,24)25)28-18(29-21(19)31)11-15-5-3-4-6-17(15)30/h3-10,13,26,30H,11H2,1-2H3,(H2,27,28,29,31). The van der Waals surface area contributed by atoms with E-state index in [0.29, 0.717) is 11.1 Å². The average molecular weight is 430 g/mol. The molecule has 0 spiro atoms. The van der Waals surface area contributed by atoms with Crippen LogP contribution in [0.3, 0.4) is 0 Å². The molecular formula is C22H21F3N4O2. The van der Waals surface area contributed by atoms with Gasteiger partial charge in [0.2, 0.25) is 0 Å². The Morgan fingerprint density at radius 3 is 2.42 bits per heavy atom. The second-order valence-corrected chi connectivity index (χ2v) is 7.15. The Balaban J connectivity index is 1.93. The molecule has 3 aromatic rings. The lowest BCUT2D eigenvalue weighted by atomic mass is 10.1. The van der Waals surface area contributed by atoms with Gasteiger partial charge in [0, 0.05) is 23.7 Å². The van der Waals surface area contributed by atoms with E-state index in [2.05, 4.69) is 15.3 Å². The Labute approximate surface area is 176 Å². The monoisotopic (exact) mass is 430 g/mol. The molecule has 6 nitrogen and oxygen atoms in total. The van der Waals surface area contributed by atoms with E-state index in [1.54, 1.807) is 25.1 Å². The quantitative estimate of drug-likeness (QED) is 0.428. The maximum absolute atomic E-state index is 12.8. The van der Waals surface area contributed by atoms with Crippen molar-refractivity contribution in [2.75, 3.05) is 5.32 Å². The van der Waals surface area contributed by atoms with Gasteiger partial charge >= 0.3 is 6.18 Å². The fraction of sp³-hybridized carbons (Fsp3) is 0.227. The van der Waals surface area contributed by atoms with Crippen molar-refractivity contribution in [3.05, 3.63) is 87.0 Å². The van der Waals surface area contributed by atoms with E-state index in [9.17, 15) is 23.1 Å². The molecule has 31 heavy (non-hydrogen) atoms. The highest BCUT2D eigenvalue weighted by Crippen LogP contribution is 2.30. The predicted octanol–water partition coefficient (Wildman–Crippen LogP) is 4.65. The lowest BCUT2D eigenvalue weighted by Gasteiger charge is -2.18. The van der Waals surface area contributed by atoms with Crippen LogP contribution >= 0.6 is 0 Å². The summed E-state index contributed by atoms with van der Waals surface area (Å²) in [6.45, 7) is 3.17. The third-order valence-electron chi connectivity index (χ3n) is 4.78. The topological polar surface area (TPSA) is 102 Å². The number of phenols is 1. The van der Waals surface area contributed by atoms with Crippen LogP contribution in [0.5, 0.6) is 5.75 Å². The first-order chi connectivity index (χ1) is 14.6. The number of rotatable bonds is 6. The number of hydrogen-bond donors (Lipinski definition) is 4. The van der Waals surface area contributed by atoms with Crippen molar-refractivity contribution in [2.24, 2.45) is 0 Å². The molecule has 0 amide bonds. The number of alkyl halides is 3. The first-order valence-corrected chi connectivity index (χ1v) is 9.45. The number of phenolic OH excluding ortho intramolecular Hbond substituents is 1. The van der Waals surface area contributed by atoms with Gasteiger partial charge in [-0.2, -0.15) is 13.2 Å². The highest BCUT2D eigenvalue weighted by molar-refractivity contribution is 6.00. The van der Waals surface area contributed by atoms with Gasteiger partial charge in [-0.15, -0.1) is 0 Å². The van der Waals surface area contributed by atoms with Gasteiger partial charge in [0.05, 0.1) is 5.56 Å². The van der Waals surface area contributed by atoms with Gasteiger partial charge in [0.1, 0.15) is 23.0 Å². The van der Waals surface area contributed by atoms with Crippen molar-refractivity contribution < 1.29 is 18.3 Å². The average Bonchev–Trinajstić information content (AvgIpc) is 2.68. The number of aromatic nitrogens is 2. The summed E-state index contributed by atoms with van der Waals surface area (Å²) in [4.78, 5) is 19.6. The molecule has 3 rings (SSSR count). The zero-order valence-electron chi connectivity index (χ0n) is 16.8. The Morgan fingerprint density at radius 1 is 1.19 bits per heavy atom. The van der Waals surface area contributed by atoms with Gasteiger partial charge in [-0.25, -0.2) is 4.98 Å². The summed E-state index contributed by atoms with van der Waals surface area (Å²) in [6.07, 6.45) is -4.27. The minimum atomic E-state index is -4.42. The van der Waals surface area contributed by atoms with Crippen LogP contribution in [-0.2, 0) is 12.6 Å². The summed E-state index contributed by atoms with van der Waals surface area (Å²) in [5.41, 5.74) is -0.115. The molecule has 0 aliphatic carbocycles. The number of nitrogens with one attached hydrogen (secondary N) is 3. The number of H-pyrrole nitrogens is 1. The minimum absolute atomic E-state index is 0.00928. The van der Waals surface area contributed by atoms with Crippen LogP contribution in [0.4, 0.5) is 19.0 Å². The normalized spacial score (nSPS) is 12.4. The van der Waals surface area contributed by atoms with E-state index in [1.807, 2.05) is 0 Å². The summed E-state index contributed by atoms with van der Waals surface area (Å²) in [5, 5.41) is 20.9. The maximum Gasteiger partial charge on any atom is 0.416 e. The van der Waals surface area contributed by atoms with Gasteiger partial charge in [0.25, 0.3) is 5.56 Å². The smallest absolute Gasteiger partial charge is 0.416 e. The Kier molecular flexibility index (Phi) is 6.14. The van der Waals surface area contributed by atoms with Crippen molar-refractivity contribution in [3.63, 3.8) is 0 Å². The van der Waals surface area contributed by atoms with Crippen LogP contribution in [-0.4, -0.2) is 20.8 Å². The van der Waals surface area contributed by atoms with E-state index >= 15 is 0 Å². The van der Waals surface area contributed by atoms with Crippen molar-refractivity contribution in [3.8, 4) is 5.75 Å². The minimum Gasteiger partial charge on any atom is -0.508 e. The second-order valence-electron chi connectivity index (χ2n) is 7.15. The third-order valence-corrected chi connectivity index (χ3v) is 4.78. The molecule has 0 saturated heterocycles. The summed E-state index contributed by atoms with van der Waals surface area (Å²) in [6, 6.07) is 10.9. The summed E-state index contributed by atoms with van der Waals surface area (Å²) >= 11 is 0. The van der Waals surface area contributed by atoms with Crippen LogP contribution in [0.2, 0.25) is 0 Å². The van der Waals surface area contributed by atoms with Crippen LogP contribution in [0, 0.1) is 5.41 Å².